The number of carbonyl (C=O) groups is 2. The number of sulfonamides is 1. The minimum absolute atomic E-state index is 0.0251. The second kappa shape index (κ2) is 12.9. The lowest BCUT2D eigenvalue weighted by Gasteiger charge is -2.33. The van der Waals surface area contributed by atoms with Gasteiger partial charge < -0.3 is 15.0 Å². The number of nitrogens with zero attached hydrogens (tertiary/aromatic N) is 2. The number of nitrogens with one attached hydrogen (secondary N) is 1. The molecule has 3 rings (SSSR count). The smallest absolute Gasteiger partial charge is 0.264 e. The van der Waals surface area contributed by atoms with Gasteiger partial charge in [-0.2, -0.15) is 0 Å². The molecule has 0 aliphatic heterocycles. The van der Waals surface area contributed by atoms with Gasteiger partial charge in [0.1, 0.15) is 18.3 Å². The van der Waals surface area contributed by atoms with Crippen LogP contribution in [0.15, 0.2) is 77.7 Å². The number of ether oxygens (including phenoxy) is 1. The Kier molecular flexibility index (Phi) is 10.1. The van der Waals surface area contributed by atoms with Crippen LogP contribution in [0.2, 0.25) is 10.0 Å². The molecule has 0 unspecified atom stereocenters. The van der Waals surface area contributed by atoms with Gasteiger partial charge in [-0.25, -0.2) is 8.42 Å². The van der Waals surface area contributed by atoms with Crippen LogP contribution in [0.25, 0.3) is 0 Å². The Morgan fingerprint density at radius 2 is 1.65 bits per heavy atom. The summed E-state index contributed by atoms with van der Waals surface area (Å²) in [6, 6.07) is 18.2. The van der Waals surface area contributed by atoms with E-state index in [4.69, 9.17) is 27.9 Å². The third kappa shape index (κ3) is 7.90. The topological polar surface area (TPSA) is 96.0 Å². The first-order valence-corrected chi connectivity index (χ1v) is 14.7. The highest BCUT2D eigenvalue weighted by Gasteiger charge is 2.34. The number of halogens is 2. The van der Waals surface area contributed by atoms with Crippen molar-refractivity contribution < 1.29 is 22.7 Å². The molecule has 1 atom stereocenters. The molecule has 0 aliphatic rings. The SMILES string of the molecule is COc1cccc(CN(C(=O)CN(c2cc(Cl)ccc2Cl)S(=O)(=O)c2ccccc2)[C@H](C)C(=O)NC(C)(C)C)c1. The zero-order valence-electron chi connectivity index (χ0n) is 23.0. The molecule has 1 N–H and O–H groups in total. The lowest BCUT2D eigenvalue weighted by molar-refractivity contribution is -0.140. The highest BCUT2D eigenvalue weighted by Crippen LogP contribution is 2.33. The molecule has 0 saturated heterocycles. The molecular weight excluding hydrogens is 573 g/mol. The average molecular weight is 607 g/mol. The van der Waals surface area contributed by atoms with Gasteiger partial charge in [0.15, 0.2) is 0 Å². The first kappa shape index (κ1) is 31.3. The number of methoxy groups -OCH3 is 1. The van der Waals surface area contributed by atoms with E-state index in [1.165, 1.54) is 42.3 Å². The normalized spacial score (nSPS) is 12.4. The number of anilines is 1. The molecule has 214 valence electrons. The van der Waals surface area contributed by atoms with Crippen molar-refractivity contribution in [1.29, 1.82) is 0 Å². The second-order valence-electron chi connectivity index (χ2n) is 10.2. The molecule has 0 bridgehead atoms. The monoisotopic (exact) mass is 605 g/mol. The molecule has 0 heterocycles. The Balaban J connectivity index is 2.08. The van der Waals surface area contributed by atoms with Crippen LogP contribution in [0.3, 0.4) is 0 Å². The van der Waals surface area contributed by atoms with E-state index in [1.54, 1.807) is 49.4 Å². The van der Waals surface area contributed by atoms with E-state index in [0.29, 0.717) is 11.3 Å². The van der Waals surface area contributed by atoms with E-state index in [0.717, 1.165) is 4.31 Å². The maximum absolute atomic E-state index is 14.0. The fourth-order valence-corrected chi connectivity index (χ4v) is 5.82. The van der Waals surface area contributed by atoms with E-state index in [1.807, 2.05) is 20.8 Å². The molecule has 3 aromatic carbocycles. The molecule has 0 saturated carbocycles. The van der Waals surface area contributed by atoms with Gasteiger partial charge in [0, 0.05) is 17.1 Å². The fourth-order valence-electron chi connectivity index (χ4n) is 3.93. The van der Waals surface area contributed by atoms with Gasteiger partial charge in [-0.05, 0) is 75.7 Å². The number of amides is 2. The number of rotatable bonds is 10. The lowest BCUT2D eigenvalue weighted by Crippen LogP contribution is -2.54. The van der Waals surface area contributed by atoms with E-state index in [2.05, 4.69) is 5.32 Å². The van der Waals surface area contributed by atoms with Crippen molar-refractivity contribution in [3.05, 3.63) is 88.4 Å². The summed E-state index contributed by atoms with van der Waals surface area (Å²) in [4.78, 5) is 28.5. The molecule has 0 spiro atoms. The Bertz CT molecular complexity index is 1460. The van der Waals surface area contributed by atoms with Gasteiger partial charge in [0.25, 0.3) is 10.0 Å². The highest BCUT2D eigenvalue weighted by atomic mass is 35.5. The first-order chi connectivity index (χ1) is 18.7. The molecule has 11 heteroatoms. The Labute approximate surface area is 245 Å². The third-order valence-corrected chi connectivity index (χ3v) is 8.27. The second-order valence-corrected chi connectivity index (χ2v) is 12.9. The predicted octanol–water partition coefficient (Wildman–Crippen LogP) is 5.53. The molecule has 0 radical (unpaired) electrons. The number of benzene rings is 3. The van der Waals surface area contributed by atoms with E-state index >= 15 is 0 Å². The summed E-state index contributed by atoms with van der Waals surface area (Å²) in [6.45, 7) is 6.50. The van der Waals surface area contributed by atoms with Crippen LogP contribution in [0.4, 0.5) is 5.69 Å². The molecule has 0 aliphatic carbocycles. The quantitative estimate of drug-likeness (QED) is 0.328. The molecule has 3 aromatic rings. The van der Waals surface area contributed by atoms with Crippen molar-refractivity contribution in [3.8, 4) is 5.75 Å². The van der Waals surface area contributed by atoms with Crippen LogP contribution in [-0.4, -0.2) is 50.4 Å². The van der Waals surface area contributed by atoms with Gasteiger partial charge in [-0.1, -0.05) is 53.5 Å². The molecule has 8 nitrogen and oxygen atoms in total. The van der Waals surface area contributed by atoms with Crippen LogP contribution in [0.5, 0.6) is 5.75 Å². The maximum atomic E-state index is 14.0. The van der Waals surface area contributed by atoms with Crippen molar-refractivity contribution in [3.63, 3.8) is 0 Å². The van der Waals surface area contributed by atoms with Crippen LogP contribution < -0.4 is 14.4 Å². The predicted molar refractivity (Wildman–Crippen MR) is 158 cm³/mol. The highest BCUT2D eigenvalue weighted by molar-refractivity contribution is 7.92. The zero-order chi connectivity index (χ0) is 29.7. The lowest BCUT2D eigenvalue weighted by atomic mass is 10.1. The van der Waals surface area contributed by atoms with Gasteiger partial charge in [0.05, 0.1) is 22.7 Å². The van der Waals surface area contributed by atoms with Crippen LogP contribution in [0.1, 0.15) is 33.3 Å². The summed E-state index contributed by atoms with van der Waals surface area (Å²) >= 11 is 12.6. The molecular formula is C29H33Cl2N3O5S. The van der Waals surface area contributed by atoms with Gasteiger partial charge in [-0.15, -0.1) is 0 Å². The first-order valence-electron chi connectivity index (χ1n) is 12.5. The zero-order valence-corrected chi connectivity index (χ0v) is 25.3. The Morgan fingerprint density at radius 1 is 0.975 bits per heavy atom. The average Bonchev–Trinajstić information content (AvgIpc) is 2.91. The standard InChI is InChI=1S/C29H33Cl2N3O5S/c1-20(28(36)32-29(2,3)4)33(18-21-10-9-11-23(16-21)39-5)27(35)19-34(26-17-22(30)14-15-25(26)31)40(37,38)24-12-7-6-8-13-24/h6-17,20H,18-19H2,1-5H3,(H,32,36)/t20-/m1/s1. The van der Waals surface area contributed by atoms with E-state index < -0.39 is 34.1 Å². The summed E-state index contributed by atoms with van der Waals surface area (Å²) in [5.74, 6) is -0.424. The van der Waals surface area contributed by atoms with Gasteiger partial charge in [0.2, 0.25) is 11.8 Å². The maximum Gasteiger partial charge on any atom is 0.264 e. The minimum Gasteiger partial charge on any atom is -0.497 e. The largest absolute Gasteiger partial charge is 0.497 e. The van der Waals surface area contributed by atoms with Gasteiger partial charge in [-0.3, -0.25) is 13.9 Å². The summed E-state index contributed by atoms with van der Waals surface area (Å²) in [6.07, 6.45) is 0. The van der Waals surface area contributed by atoms with Crippen LogP contribution in [-0.2, 0) is 26.2 Å². The van der Waals surface area contributed by atoms with Crippen LogP contribution >= 0.6 is 23.2 Å². The summed E-state index contributed by atoms with van der Waals surface area (Å²) < 4.78 is 33.9. The summed E-state index contributed by atoms with van der Waals surface area (Å²) in [7, 11) is -2.73. The summed E-state index contributed by atoms with van der Waals surface area (Å²) in [5, 5.41) is 3.23. The third-order valence-electron chi connectivity index (χ3n) is 5.94. The van der Waals surface area contributed by atoms with Crippen molar-refractivity contribution in [1.82, 2.24) is 10.2 Å². The van der Waals surface area contributed by atoms with Gasteiger partial charge >= 0.3 is 0 Å². The fraction of sp³-hybridized carbons (Fsp3) is 0.310. The molecule has 0 aromatic heterocycles. The molecule has 0 fully saturated rings. The minimum atomic E-state index is -4.26. The number of hydrogen-bond donors (Lipinski definition) is 1. The van der Waals surface area contributed by atoms with E-state index in [-0.39, 0.29) is 33.1 Å². The molecule has 40 heavy (non-hydrogen) atoms. The van der Waals surface area contributed by atoms with Crippen molar-refractivity contribution in [2.45, 2.75) is 50.7 Å². The Hall–Kier alpha value is -3.27. The molecule has 2 amide bonds. The van der Waals surface area contributed by atoms with Crippen molar-refractivity contribution in [2.75, 3.05) is 18.0 Å². The Morgan fingerprint density at radius 3 is 2.27 bits per heavy atom. The number of hydrogen-bond acceptors (Lipinski definition) is 5. The number of carbonyl (C=O) groups excluding carboxylic acids is 2. The van der Waals surface area contributed by atoms with Crippen molar-refractivity contribution in [2.24, 2.45) is 0 Å². The van der Waals surface area contributed by atoms with E-state index in [9.17, 15) is 18.0 Å². The van der Waals surface area contributed by atoms with Crippen LogP contribution in [0, 0.1) is 0 Å². The summed E-state index contributed by atoms with van der Waals surface area (Å²) in [5.41, 5.74) is 0.188. The van der Waals surface area contributed by atoms with Crippen molar-refractivity contribution >= 4 is 50.7 Å².